The Morgan fingerprint density at radius 1 is 0.741 bits per heavy atom. The number of phenols is 1. The lowest BCUT2D eigenvalue weighted by atomic mass is 9.98. The van der Waals surface area contributed by atoms with E-state index in [1.54, 1.807) is 32.1 Å². The number of allylic oxidation sites excluding steroid dienone is 2. The molecule has 10 N–H and O–H groups in total. The summed E-state index contributed by atoms with van der Waals surface area (Å²) in [5, 5.41) is 105. The van der Waals surface area contributed by atoms with E-state index in [0.29, 0.717) is 5.75 Å². The lowest BCUT2D eigenvalue weighted by molar-refractivity contribution is -0.377. The molecule has 0 spiro atoms. The fourth-order valence-electron chi connectivity index (χ4n) is 6.69. The minimum Gasteiger partial charge on any atom is -0.507 e. The third-order valence-corrected chi connectivity index (χ3v) is 10.1. The van der Waals surface area contributed by atoms with E-state index in [1.165, 1.54) is 33.3 Å². The molecular weight excluding hydrogens is 776 g/mol. The van der Waals surface area contributed by atoms with Crippen LogP contribution in [0.1, 0.15) is 26.3 Å². The Kier molecular flexibility index (Phi) is 13.3. The maximum absolute atomic E-state index is 14.7. The first-order valence-corrected chi connectivity index (χ1v) is 18.2. The van der Waals surface area contributed by atoms with Crippen molar-refractivity contribution in [1.82, 2.24) is 0 Å². The number of phenolic OH excluding ortho intramolecular Hbond substituents is 1. The highest BCUT2D eigenvalue weighted by Crippen LogP contribution is 2.42. The van der Waals surface area contributed by atoms with Crippen LogP contribution >= 0.6 is 0 Å². The van der Waals surface area contributed by atoms with Gasteiger partial charge < -0.3 is 93.4 Å². The fraction of sp³-hybridized carbons (Fsp3) is 0.553. The van der Waals surface area contributed by atoms with E-state index in [9.17, 15) is 55.9 Å². The van der Waals surface area contributed by atoms with Gasteiger partial charge in [0.15, 0.2) is 30.7 Å². The van der Waals surface area contributed by atoms with Crippen molar-refractivity contribution >= 4 is 11.0 Å². The summed E-state index contributed by atoms with van der Waals surface area (Å²) in [6, 6.07) is 7.20. The number of methoxy groups -OCH3 is 2. The smallest absolute Gasteiger partial charge is 0.239 e. The molecule has 0 bridgehead atoms. The minimum atomic E-state index is -2.04. The number of aliphatic hydroxyl groups excluding tert-OH is 9. The Labute approximate surface area is 330 Å². The van der Waals surface area contributed by atoms with Crippen LogP contribution in [0.25, 0.3) is 22.3 Å². The molecule has 0 saturated carbocycles. The summed E-state index contributed by atoms with van der Waals surface area (Å²) in [7, 11) is 2.64. The average molecular weight is 825 g/mol. The van der Waals surface area contributed by atoms with Crippen LogP contribution in [0.15, 0.2) is 51.2 Å². The quantitative estimate of drug-likeness (QED) is 0.0980. The van der Waals surface area contributed by atoms with Gasteiger partial charge in [0.2, 0.25) is 23.8 Å². The van der Waals surface area contributed by atoms with Crippen LogP contribution in [0.3, 0.4) is 0 Å². The van der Waals surface area contributed by atoms with Crippen LogP contribution in [0, 0.1) is 0 Å². The van der Waals surface area contributed by atoms with Crippen LogP contribution in [0.5, 0.6) is 23.0 Å². The topological polar surface area (TPSA) is 306 Å². The van der Waals surface area contributed by atoms with Gasteiger partial charge in [0.05, 0.1) is 13.2 Å². The lowest BCUT2D eigenvalue weighted by Gasteiger charge is -2.44. The summed E-state index contributed by atoms with van der Waals surface area (Å²) in [5.41, 5.74) is -0.00375. The first kappa shape index (κ1) is 43.6. The number of fused-ring (bicyclic) bond motifs is 1. The van der Waals surface area contributed by atoms with Crippen LogP contribution in [-0.2, 0) is 30.1 Å². The molecule has 2 aromatic carbocycles. The Morgan fingerprint density at radius 3 is 2.02 bits per heavy atom. The van der Waals surface area contributed by atoms with Crippen molar-refractivity contribution in [3.05, 3.63) is 57.8 Å². The summed E-state index contributed by atoms with van der Waals surface area (Å²) >= 11 is 0. The summed E-state index contributed by atoms with van der Waals surface area (Å²) in [6.45, 7) is 4.99. The van der Waals surface area contributed by atoms with E-state index in [4.69, 9.17) is 42.3 Å². The molecule has 0 radical (unpaired) electrons. The molecule has 3 saturated heterocycles. The zero-order chi connectivity index (χ0) is 42.3. The van der Waals surface area contributed by atoms with Gasteiger partial charge in [0.25, 0.3) is 0 Å². The number of hydrogen-bond donors (Lipinski definition) is 10. The van der Waals surface area contributed by atoms with Crippen LogP contribution in [0.4, 0.5) is 0 Å². The van der Waals surface area contributed by atoms with E-state index in [0.717, 1.165) is 11.6 Å². The molecule has 0 unspecified atom stereocenters. The number of aromatic hydroxyl groups is 1. The van der Waals surface area contributed by atoms with Gasteiger partial charge in [-0.1, -0.05) is 11.6 Å². The van der Waals surface area contributed by atoms with Gasteiger partial charge in [0.1, 0.15) is 77.0 Å². The predicted octanol–water partition coefficient (Wildman–Crippen LogP) is -1.54. The molecule has 20 nitrogen and oxygen atoms in total. The van der Waals surface area contributed by atoms with Crippen LogP contribution in [-0.4, -0.2) is 158 Å². The van der Waals surface area contributed by atoms with E-state index in [1.807, 2.05) is 0 Å². The second-order valence-corrected chi connectivity index (χ2v) is 14.4. The zero-order valence-corrected chi connectivity index (χ0v) is 31.9. The molecule has 6 rings (SSSR count). The molecule has 3 aliphatic rings. The Morgan fingerprint density at radius 2 is 1.38 bits per heavy atom. The van der Waals surface area contributed by atoms with Gasteiger partial charge in [-0.2, -0.15) is 0 Å². The second-order valence-electron chi connectivity index (χ2n) is 14.4. The summed E-state index contributed by atoms with van der Waals surface area (Å²) in [5.74, 6) is -1.30. The van der Waals surface area contributed by atoms with Crippen LogP contribution in [0.2, 0.25) is 0 Å². The van der Waals surface area contributed by atoms with Gasteiger partial charge in [-0.25, -0.2) is 0 Å². The monoisotopic (exact) mass is 824 g/mol. The molecule has 3 aliphatic heterocycles. The normalized spacial score (nSPS) is 35.4. The van der Waals surface area contributed by atoms with E-state index in [2.05, 4.69) is 0 Å². The largest absolute Gasteiger partial charge is 0.507 e. The molecule has 3 fully saturated rings. The SMILES string of the molecule is COc1ccc(-c2oc3c(CC=C(C)C)c(O[C@@H]4O[C@H](OC)[C@@H](O)[C@H](O)[C@H]4O)cc(O)c3c(=O)c2O[C@@H]2O[C@@H](C)[C@H](O)[C@@H](O)[C@H]2O[C@@H]2O[C@@H](O)[C@H](O)[C@@H](O)[C@H]2O)cc1. The third kappa shape index (κ3) is 8.40. The maximum Gasteiger partial charge on any atom is 0.239 e. The molecule has 58 heavy (non-hydrogen) atoms. The van der Waals surface area contributed by atoms with E-state index in [-0.39, 0.29) is 34.6 Å². The van der Waals surface area contributed by atoms with Crippen molar-refractivity contribution in [2.24, 2.45) is 0 Å². The van der Waals surface area contributed by atoms with Crippen molar-refractivity contribution in [3.63, 3.8) is 0 Å². The number of hydrogen-bond acceptors (Lipinski definition) is 20. The highest BCUT2D eigenvalue weighted by atomic mass is 16.8. The lowest BCUT2D eigenvalue weighted by Crippen LogP contribution is -2.64. The second kappa shape index (κ2) is 17.7. The first-order chi connectivity index (χ1) is 27.5. The number of rotatable bonds is 11. The minimum absolute atomic E-state index is 0.0146. The van der Waals surface area contributed by atoms with Gasteiger partial charge in [-0.15, -0.1) is 0 Å². The zero-order valence-electron chi connectivity index (χ0n) is 31.9. The highest BCUT2D eigenvalue weighted by molar-refractivity contribution is 5.91. The molecule has 4 heterocycles. The molecule has 3 aromatic rings. The molecule has 0 amide bonds. The molecule has 20 heteroatoms. The standard InChI is InChI=1S/C38H48O20/c1-13(2)6-11-17-19(53-36-29(48)24(43)27(46)35(51-5)58-36)12-18(39)20-22(41)32(30(54-31(17)20)15-7-9-16(50-4)10-8-15)55-38-33(25(44)21(40)14(3)52-38)56-37-28(47)23(42)26(45)34(49)57-37/h6-10,12,14,21,23-29,33-40,42-49H,11H2,1-5H3/t14-,21-,23+,24-,25+,26+,27-,28+,29+,33+,34+,35-,36+,37+,38-/m0/s1. The Balaban J connectivity index is 1.50. The Hall–Kier alpha value is -3.97. The van der Waals surface area contributed by atoms with Gasteiger partial charge in [-0.05, 0) is 51.5 Å². The van der Waals surface area contributed by atoms with Crippen molar-refractivity contribution < 1.29 is 93.4 Å². The summed E-state index contributed by atoms with van der Waals surface area (Å²) < 4.78 is 51.2. The summed E-state index contributed by atoms with van der Waals surface area (Å²) in [6.07, 6.45) is -24.6. The van der Waals surface area contributed by atoms with Gasteiger partial charge in [-0.3, -0.25) is 4.79 Å². The highest BCUT2D eigenvalue weighted by Gasteiger charge is 2.51. The number of benzene rings is 2. The molecular formula is C38H48O20. The van der Waals surface area contributed by atoms with Crippen molar-refractivity contribution in [1.29, 1.82) is 0 Å². The summed E-state index contributed by atoms with van der Waals surface area (Å²) in [4.78, 5) is 14.7. The number of aliphatic hydroxyl groups is 9. The molecule has 0 aliphatic carbocycles. The Bertz CT molecular complexity index is 1980. The van der Waals surface area contributed by atoms with Crippen molar-refractivity contribution in [2.45, 2.75) is 120 Å². The van der Waals surface area contributed by atoms with Crippen molar-refractivity contribution in [3.8, 4) is 34.3 Å². The fourth-order valence-corrected chi connectivity index (χ4v) is 6.69. The van der Waals surface area contributed by atoms with E-state index < -0.39 is 115 Å². The molecule has 15 atom stereocenters. The molecule has 1 aromatic heterocycles. The van der Waals surface area contributed by atoms with Crippen molar-refractivity contribution in [2.75, 3.05) is 14.2 Å². The van der Waals surface area contributed by atoms with Gasteiger partial charge in [0, 0.05) is 24.3 Å². The average Bonchev–Trinajstić information content (AvgIpc) is 3.20. The van der Waals surface area contributed by atoms with Crippen LogP contribution < -0.4 is 19.6 Å². The predicted molar refractivity (Wildman–Crippen MR) is 194 cm³/mol. The first-order valence-electron chi connectivity index (χ1n) is 18.2. The van der Waals surface area contributed by atoms with E-state index >= 15 is 0 Å². The number of ether oxygens (including phenoxy) is 8. The maximum atomic E-state index is 14.7. The third-order valence-electron chi connectivity index (χ3n) is 10.1. The van der Waals surface area contributed by atoms with Gasteiger partial charge >= 0.3 is 0 Å². The molecule has 320 valence electrons.